The van der Waals surface area contributed by atoms with Gasteiger partial charge in [-0.3, -0.25) is 4.79 Å². The smallest absolute Gasteiger partial charge is 0.271 e. The van der Waals surface area contributed by atoms with E-state index >= 15 is 0 Å². The van der Waals surface area contributed by atoms with Crippen LogP contribution in [0.3, 0.4) is 0 Å². The maximum atomic E-state index is 13.6. The number of benzene rings is 2. The second-order valence-corrected chi connectivity index (χ2v) is 6.01. The first-order chi connectivity index (χ1) is 11.6. The molecule has 0 aliphatic carbocycles. The van der Waals surface area contributed by atoms with E-state index in [1.165, 1.54) is 35.6 Å². The molecule has 1 aromatic heterocycles. The summed E-state index contributed by atoms with van der Waals surface area (Å²) in [6.45, 7) is 0. The van der Waals surface area contributed by atoms with Crippen LogP contribution < -0.4 is 5.32 Å². The van der Waals surface area contributed by atoms with Crippen molar-refractivity contribution in [3.63, 3.8) is 0 Å². The van der Waals surface area contributed by atoms with E-state index in [0.717, 1.165) is 0 Å². The molecule has 24 heavy (non-hydrogen) atoms. The molecule has 0 aliphatic heterocycles. The van der Waals surface area contributed by atoms with Gasteiger partial charge in [0.05, 0.1) is 11.6 Å². The van der Waals surface area contributed by atoms with E-state index in [0.29, 0.717) is 23.2 Å². The van der Waals surface area contributed by atoms with Gasteiger partial charge in [0.2, 0.25) is 0 Å². The van der Waals surface area contributed by atoms with Gasteiger partial charge in [-0.25, -0.2) is 13.8 Å². The van der Waals surface area contributed by atoms with E-state index in [-0.39, 0.29) is 17.5 Å². The number of nitrogens with zero attached hydrogens (tertiary/aromatic N) is 1. The number of aromatic nitrogens is 1. The molecule has 6 heteroatoms. The third-order valence-electron chi connectivity index (χ3n) is 3.55. The van der Waals surface area contributed by atoms with E-state index in [4.69, 9.17) is 0 Å². The van der Waals surface area contributed by atoms with Crippen molar-refractivity contribution in [1.82, 2.24) is 10.3 Å². The number of amides is 1. The van der Waals surface area contributed by atoms with Crippen molar-refractivity contribution in [1.29, 1.82) is 0 Å². The molecule has 0 fully saturated rings. The number of halogens is 2. The van der Waals surface area contributed by atoms with Crippen molar-refractivity contribution in [2.75, 3.05) is 0 Å². The van der Waals surface area contributed by atoms with Crippen LogP contribution in [0.5, 0.6) is 0 Å². The lowest BCUT2D eigenvalue weighted by Gasteiger charge is -2.19. The normalized spacial score (nSPS) is 11.9. The monoisotopic (exact) mass is 344 g/mol. The van der Waals surface area contributed by atoms with Gasteiger partial charge in [0, 0.05) is 5.38 Å². The molecule has 1 N–H and O–H groups in total. The first-order valence-electron chi connectivity index (χ1n) is 7.31. The Balaban J connectivity index is 1.87. The van der Waals surface area contributed by atoms with Gasteiger partial charge in [-0.05, 0) is 41.8 Å². The molecule has 3 aromatic rings. The van der Waals surface area contributed by atoms with E-state index < -0.39 is 6.04 Å². The number of carbonyl (C=O) groups is 1. The zero-order chi connectivity index (χ0) is 16.9. The molecule has 0 radical (unpaired) electrons. The van der Waals surface area contributed by atoms with Gasteiger partial charge in [-0.1, -0.05) is 24.3 Å². The third kappa shape index (κ3) is 4.02. The first-order valence-corrected chi connectivity index (χ1v) is 8.25. The Morgan fingerprint density at radius 3 is 2.54 bits per heavy atom. The Labute approximate surface area is 142 Å². The summed E-state index contributed by atoms with van der Waals surface area (Å²) in [5.41, 5.74) is 3.20. The third-order valence-corrected chi connectivity index (χ3v) is 4.14. The number of nitrogens with one attached hydrogen (secondary N) is 1. The number of rotatable bonds is 5. The van der Waals surface area contributed by atoms with Crippen LogP contribution in [0.1, 0.15) is 27.7 Å². The van der Waals surface area contributed by atoms with E-state index in [1.807, 2.05) is 0 Å². The number of hydrogen-bond donors (Lipinski definition) is 1. The minimum atomic E-state index is -0.489. The van der Waals surface area contributed by atoms with Gasteiger partial charge in [-0.2, -0.15) is 0 Å². The zero-order valence-electron chi connectivity index (χ0n) is 12.6. The summed E-state index contributed by atoms with van der Waals surface area (Å²) in [6.07, 6.45) is 0.344. The Hall–Kier alpha value is -2.60. The zero-order valence-corrected chi connectivity index (χ0v) is 13.4. The Kier molecular flexibility index (Phi) is 4.96. The highest BCUT2D eigenvalue weighted by molar-refractivity contribution is 7.07. The van der Waals surface area contributed by atoms with Gasteiger partial charge >= 0.3 is 0 Å². The van der Waals surface area contributed by atoms with Crippen LogP contribution in [-0.4, -0.2) is 10.9 Å². The van der Waals surface area contributed by atoms with Crippen LogP contribution in [0.2, 0.25) is 0 Å². The maximum absolute atomic E-state index is 13.6. The van der Waals surface area contributed by atoms with Gasteiger partial charge in [-0.15, -0.1) is 11.3 Å². The van der Waals surface area contributed by atoms with E-state index in [9.17, 15) is 13.6 Å². The van der Waals surface area contributed by atoms with Crippen LogP contribution in [0.4, 0.5) is 8.78 Å². The fraction of sp³-hybridized carbons (Fsp3) is 0.111. The highest BCUT2D eigenvalue weighted by Crippen LogP contribution is 2.21. The van der Waals surface area contributed by atoms with Crippen molar-refractivity contribution in [3.05, 3.63) is 87.9 Å². The standard InChI is InChI=1S/C18H14F2N2OS/c19-14-5-1-3-12(7-14)8-16(13-4-2-6-15(20)9-13)22-18(23)17-10-24-11-21-17/h1-7,9-11,16H,8H2,(H,22,23). The van der Waals surface area contributed by atoms with Crippen LogP contribution in [-0.2, 0) is 6.42 Å². The minimum Gasteiger partial charge on any atom is -0.344 e. The van der Waals surface area contributed by atoms with Gasteiger partial charge in [0.15, 0.2) is 0 Å². The molecule has 3 nitrogen and oxygen atoms in total. The molecule has 0 spiro atoms. The van der Waals surface area contributed by atoms with E-state index in [2.05, 4.69) is 10.3 Å². The molecule has 0 saturated heterocycles. The van der Waals surface area contributed by atoms with Crippen molar-refractivity contribution in [2.45, 2.75) is 12.5 Å². The maximum Gasteiger partial charge on any atom is 0.271 e. The molecule has 0 aliphatic rings. The first kappa shape index (κ1) is 16.3. The number of carbonyl (C=O) groups excluding carboxylic acids is 1. The van der Waals surface area contributed by atoms with Crippen LogP contribution >= 0.6 is 11.3 Å². The Morgan fingerprint density at radius 2 is 1.88 bits per heavy atom. The Morgan fingerprint density at radius 1 is 1.12 bits per heavy atom. The predicted octanol–water partition coefficient (Wildman–Crippen LogP) is 4.14. The molecule has 0 saturated carbocycles. The van der Waals surface area contributed by atoms with Gasteiger partial charge < -0.3 is 5.32 Å². The lowest BCUT2D eigenvalue weighted by molar-refractivity contribution is 0.0932. The molecule has 1 heterocycles. The van der Waals surface area contributed by atoms with Crippen molar-refractivity contribution >= 4 is 17.2 Å². The van der Waals surface area contributed by atoms with E-state index in [1.54, 1.807) is 35.2 Å². The highest BCUT2D eigenvalue weighted by Gasteiger charge is 2.18. The number of hydrogen-bond acceptors (Lipinski definition) is 3. The summed E-state index contributed by atoms with van der Waals surface area (Å²) in [5, 5.41) is 4.49. The second-order valence-electron chi connectivity index (χ2n) is 5.29. The summed E-state index contributed by atoms with van der Waals surface area (Å²) >= 11 is 1.32. The molecular weight excluding hydrogens is 330 g/mol. The summed E-state index contributed by atoms with van der Waals surface area (Å²) in [6, 6.07) is 11.7. The van der Waals surface area contributed by atoms with Crippen molar-refractivity contribution in [2.24, 2.45) is 0 Å². The van der Waals surface area contributed by atoms with Crippen LogP contribution in [0.15, 0.2) is 59.4 Å². The number of thiazole rings is 1. The summed E-state index contributed by atoms with van der Waals surface area (Å²) < 4.78 is 27.0. The topological polar surface area (TPSA) is 42.0 Å². The molecule has 122 valence electrons. The average molecular weight is 344 g/mol. The predicted molar refractivity (Wildman–Crippen MR) is 88.8 cm³/mol. The molecule has 1 unspecified atom stereocenters. The van der Waals surface area contributed by atoms with Crippen LogP contribution in [0.25, 0.3) is 0 Å². The molecule has 1 atom stereocenters. The molecule has 3 rings (SSSR count). The Bertz CT molecular complexity index is 837. The van der Waals surface area contributed by atoms with Crippen LogP contribution in [0, 0.1) is 11.6 Å². The summed E-state index contributed by atoms with van der Waals surface area (Å²) in [4.78, 5) is 16.3. The van der Waals surface area contributed by atoms with Gasteiger partial charge in [0.25, 0.3) is 5.91 Å². The fourth-order valence-electron chi connectivity index (χ4n) is 2.43. The quantitative estimate of drug-likeness (QED) is 0.756. The minimum absolute atomic E-state index is 0.306. The fourth-order valence-corrected chi connectivity index (χ4v) is 2.96. The largest absolute Gasteiger partial charge is 0.344 e. The molecule has 1 amide bonds. The summed E-state index contributed by atoms with van der Waals surface area (Å²) in [5.74, 6) is -1.09. The second kappa shape index (κ2) is 7.31. The van der Waals surface area contributed by atoms with Gasteiger partial charge in [0.1, 0.15) is 17.3 Å². The average Bonchev–Trinajstić information content (AvgIpc) is 3.09. The SMILES string of the molecule is O=C(NC(Cc1cccc(F)c1)c1cccc(F)c1)c1cscn1. The highest BCUT2D eigenvalue weighted by atomic mass is 32.1. The lowest BCUT2D eigenvalue weighted by Crippen LogP contribution is -2.30. The van der Waals surface area contributed by atoms with Crippen molar-refractivity contribution in [3.8, 4) is 0 Å². The molecule has 0 bridgehead atoms. The summed E-state index contributed by atoms with van der Waals surface area (Å²) in [7, 11) is 0. The lowest BCUT2D eigenvalue weighted by atomic mass is 9.98. The molecular formula is C18H14F2N2OS. The van der Waals surface area contributed by atoms with Crippen molar-refractivity contribution < 1.29 is 13.6 Å². The molecule has 2 aromatic carbocycles.